The average molecular weight is 467 g/mol. The number of rotatable bonds is 6. The van der Waals surface area contributed by atoms with Gasteiger partial charge in [-0.15, -0.1) is 0 Å². The van der Waals surface area contributed by atoms with E-state index in [1.54, 1.807) is 54.6 Å². The number of nitrogen functional groups attached to an aromatic ring is 1. The van der Waals surface area contributed by atoms with Crippen LogP contribution < -0.4 is 16.4 Å². The summed E-state index contributed by atoms with van der Waals surface area (Å²) in [5.41, 5.74) is 8.84. The molecule has 0 saturated heterocycles. The molecule has 35 heavy (non-hydrogen) atoms. The second kappa shape index (κ2) is 9.24. The highest BCUT2D eigenvalue weighted by Gasteiger charge is 2.30. The Balaban J connectivity index is 1.39. The van der Waals surface area contributed by atoms with Crippen molar-refractivity contribution in [1.82, 2.24) is 20.3 Å². The highest BCUT2D eigenvalue weighted by atomic mass is 16.3. The number of hydrogen-bond donors (Lipinski definition) is 5. The molecule has 174 valence electrons. The number of amides is 2. The molecule has 0 aliphatic carbocycles. The van der Waals surface area contributed by atoms with E-state index >= 15 is 0 Å². The van der Waals surface area contributed by atoms with Crippen molar-refractivity contribution in [2.45, 2.75) is 12.1 Å². The number of fused-ring (bicyclic) bond motifs is 2. The second-order valence-corrected chi connectivity index (χ2v) is 8.04. The Kier molecular flexibility index (Phi) is 5.82. The third kappa shape index (κ3) is 4.66. The number of para-hydroxylation sites is 1. The lowest BCUT2D eigenvalue weighted by atomic mass is 10.00. The van der Waals surface area contributed by atoms with Crippen molar-refractivity contribution < 1.29 is 14.7 Å². The van der Waals surface area contributed by atoms with E-state index in [1.165, 1.54) is 0 Å². The number of nitrogens with one attached hydrogen (secondary N) is 3. The number of aliphatic hydroxyl groups is 1. The van der Waals surface area contributed by atoms with E-state index in [0.717, 1.165) is 5.39 Å². The van der Waals surface area contributed by atoms with E-state index in [0.29, 0.717) is 27.8 Å². The van der Waals surface area contributed by atoms with E-state index in [-0.39, 0.29) is 11.6 Å². The van der Waals surface area contributed by atoms with Gasteiger partial charge < -0.3 is 26.5 Å². The summed E-state index contributed by atoms with van der Waals surface area (Å²) in [6, 6.07) is 23.7. The number of nitrogens with two attached hydrogens (primary N) is 1. The van der Waals surface area contributed by atoms with Crippen LogP contribution in [0.4, 0.5) is 11.6 Å². The quantitative estimate of drug-likeness (QED) is 0.260. The Labute approximate surface area is 200 Å². The lowest BCUT2D eigenvalue weighted by Gasteiger charge is -2.24. The zero-order valence-corrected chi connectivity index (χ0v) is 18.5. The maximum atomic E-state index is 13.1. The third-order valence-electron chi connectivity index (χ3n) is 5.63. The number of nitrogens with zero attached hydrogens (tertiary/aromatic N) is 2. The molecule has 2 unspecified atom stereocenters. The molecule has 3 aromatic carbocycles. The van der Waals surface area contributed by atoms with Gasteiger partial charge in [0.15, 0.2) is 12.1 Å². The predicted octanol–water partition coefficient (Wildman–Crippen LogP) is 3.16. The highest BCUT2D eigenvalue weighted by Crippen LogP contribution is 2.22. The number of anilines is 2. The molecule has 2 atom stereocenters. The molecule has 0 spiro atoms. The predicted molar refractivity (Wildman–Crippen MR) is 134 cm³/mol. The van der Waals surface area contributed by atoms with Crippen LogP contribution in [0.2, 0.25) is 0 Å². The molecule has 0 aliphatic heterocycles. The summed E-state index contributed by atoms with van der Waals surface area (Å²) in [6.45, 7) is 0. The van der Waals surface area contributed by atoms with Crippen molar-refractivity contribution in [3.8, 4) is 0 Å². The van der Waals surface area contributed by atoms with Gasteiger partial charge in [0, 0.05) is 11.1 Å². The summed E-state index contributed by atoms with van der Waals surface area (Å²) in [6.07, 6.45) is -1.58. The summed E-state index contributed by atoms with van der Waals surface area (Å²) >= 11 is 0. The number of carbonyl (C=O) groups is 2. The summed E-state index contributed by atoms with van der Waals surface area (Å²) in [5.74, 6) is -0.930. The molecule has 2 amide bonds. The number of carbonyl (C=O) groups excluding carboxylic acids is 2. The maximum Gasteiger partial charge on any atom is 0.270 e. The summed E-state index contributed by atoms with van der Waals surface area (Å²) in [5, 5.41) is 17.3. The van der Waals surface area contributed by atoms with E-state index < -0.39 is 24.0 Å². The van der Waals surface area contributed by atoms with Crippen LogP contribution in [0.1, 0.15) is 22.1 Å². The first kappa shape index (κ1) is 22.1. The Morgan fingerprint density at radius 3 is 2.49 bits per heavy atom. The number of pyridine rings is 1. The number of benzene rings is 3. The topological polar surface area (TPSA) is 146 Å². The Morgan fingerprint density at radius 1 is 0.886 bits per heavy atom. The molecule has 9 nitrogen and oxygen atoms in total. The molecule has 2 aromatic heterocycles. The van der Waals surface area contributed by atoms with Crippen LogP contribution in [0.5, 0.6) is 0 Å². The molecule has 5 rings (SSSR count). The normalized spacial score (nSPS) is 12.8. The molecule has 2 heterocycles. The molecule has 0 radical (unpaired) electrons. The van der Waals surface area contributed by atoms with E-state index in [1.807, 2.05) is 30.3 Å². The van der Waals surface area contributed by atoms with Gasteiger partial charge in [0.2, 0.25) is 0 Å². The van der Waals surface area contributed by atoms with Gasteiger partial charge in [-0.05, 0) is 35.9 Å². The van der Waals surface area contributed by atoms with Crippen molar-refractivity contribution >= 4 is 45.4 Å². The van der Waals surface area contributed by atoms with Crippen molar-refractivity contribution in [2.24, 2.45) is 0 Å². The van der Waals surface area contributed by atoms with Gasteiger partial charge >= 0.3 is 0 Å². The first-order valence-electron chi connectivity index (χ1n) is 10.9. The van der Waals surface area contributed by atoms with Gasteiger partial charge in [-0.1, -0.05) is 54.6 Å². The Bertz CT molecular complexity index is 1530. The van der Waals surface area contributed by atoms with Crippen molar-refractivity contribution in [1.29, 1.82) is 0 Å². The number of aliphatic hydroxyl groups excluding tert-OH is 1. The van der Waals surface area contributed by atoms with Gasteiger partial charge in [-0.2, -0.15) is 0 Å². The lowest BCUT2D eigenvalue weighted by molar-refractivity contribution is -0.125. The molecular formula is C26H22N6O3. The lowest BCUT2D eigenvalue weighted by Crippen LogP contribution is -2.42. The Morgan fingerprint density at radius 2 is 1.66 bits per heavy atom. The number of H-pyrrole nitrogens is 1. The van der Waals surface area contributed by atoms with Gasteiger partial charge in [0.1, 0.15) is 5.69 Å². The van der Waals surface area contributed by atoms with Crippen LogP contribution in [0.25, 0.3) is 21.9 Å². The molecule has 5 aromatic rings. The van der Waals surface area contributed by atoms with Crippen LogP contribution in [-0.4, -0.2) is 38.0 Å². The van der Waals surface area contributed by atoms with Crippen molar-refractivity contribution in [2.75, 3.05) is 11.1 Å². The molecule has 9 heteroatoms. The molecule has 0 fully saturated rings. The third-order valence-corrected chi connectivity index (χ3v) is 5.63. The first-order chi connectivity index (χ1) is 17.0. The molecule has 0 aliphatic rings. The number of aromatic amines is 1. The fraction of sp³-hybridized carbons (Fsp3) is 0.0769. The fourth-order valence-electron chi connectivity index (χ4n) is 3.89. The Hall–Kier alpha value is -4.76. The molecule has 6 N–H and O–H groups in total. The highest BCUT2D eigenvalue weighted by molar-refractivity contribution is 5.98. The van der Waals surface area contributed by atoms with Crippen LogP contribution >= 0.6 is 0 Å². The number of imidazole rings is 1. The molecule has 0 bridgehead atoms. The number of aromatic nitrogens is 3. The number of hydrogen-bond acceptors (Lipinski definition) is 6. The fourth-order valence-corrected chi connectivity index (χ4v) is 3.89. The minimum Gasteiger partial charge on any atom is -0.381 e. The average Bonchev–Trinajstić information content (AvgIpc) is 3.26. The van der Waals surface area contributed by atoms with Gasteiger partial charge in [-0.25, -0.2) is 9.97 Å². The monoisotopic (exact) mass is 466 g/mol. The first-order valence-corrected chi connectivity index (χ1v) is 10.9. The van der Waals surface area contributed by atoms with Gasteiger partial charge in [0.05, 0.1) is 22.6 Å². The SMILES string of the molecule is Nc1nc2ccc(NC(=O)C(O)C(NC(=O)c3ccc4ccccc4n3)c3ccccc3)cc2[nH]1. The van der Waals surface area contributed by atoms with Crippen molar-refractivity contribution in [3.63, 3.8) is 0 Å². The molecular weight excluding hydrogens is 444 g/mol. The van der Waals surface area contributed by atoms with Crippen molar-refractivity contribution in [3.05, 3.63) is 96.2 Å². The van der Waals surface area contributed by atoms with E-state index in [9.17, 15) is 14.7 Å². The van der Waals surface area contributed by atoms with Gasteiger partial charge in [0.25, 0.3) is 11.8 Å². The smallest absolute Gasteiger partial charge is 0.270 e. The van der Waals surface area contributed by atoms with E-state index in [4.69, 9.17) is 5.73 Å². The van der Waals surface area contributed by atoms with Crippen LogP contribution in [0.3, 0.4) is 0 Å². The van der Waals surface area contributed by atoms with Crippen LogP contribution in [-0.2, 0) is 4.79 Å². The minimum absolute atomic E-state index is 0.180. The summed E-state index contributed by atoms with van der Waals surface area (Å²) in [7, 11) is 0. The molecule has 0 saturated carbocycles. The zero-order valence-electron chi connectivity index (χ0n) is 18.5. The van der Waals surface area contributed by atoms with E-state index in [2.05, 4.69) is 25.6 Å². The second-order valence-electron chi connectivity index (χ2n) is 8.04. The summed E-state index contributed by atoms with van der Waals surface area (Å²) in [4.78, 5) is 37.5. The minimum atomic E-state index is -1.58. The zero-order chi connectivity index (χ0) is 24.4. The van der Waals surface area contributed by atoms with Crippen LogP contribution in [0.15, 0.2) is 84.9 Å². The van der Waals surface area contributed by atoms with Gasteiger partial charge in [-0.3, -0.25) is 9.59 Å². The summed E-state index contributed by atoms with van der Waals surface area (Å²) < 4.78 is 0. The standard InChI is InChI=1S/C26H22N6O3/c27-26-30-19-13-11-17(14-21(19)31-26)28-25(35)23(33)22(16-7-2-1-3-8-16)32-24(34)20-12-10-15-6-4-5-9-18(15)29-20/h1-14,22-23,33H,(H,28,35)(H,32,34)(H3,27,30,31). The largest absolute Gasteiger partial charge is 0.381 e. The maximum absolute atomic E-state index is 13.1. The van der Waals surface area contributed by atoms with Crippen LogP contribution in [0, 0.1) is 0 Å².